The zero-order chi connectivity index (χ0) is 42.3. The summed E-state index contributed by atoms with van der Waals surface area (Å²) >= 11 is 0. The van der Waals surface area contributed by atoms with E-state index in [1.807, 2.05) is 0 Å². The summed E-state index contributed by atoms with van der Waals surface area (Å²) in [7, 11) is 0. The standard InChI is InChI=1S/C32H50N8O15/c1-12(42)22(38-31(53)24(14(3)44)39-30(52)23(13(2)43)37-26(48)18(33)11-41)29(51)36-20(10-21(34)47)27(49)35-19(9-16-5-7-17(46)8-6-16)28(50)40-25(15(4)45)32(54)55/h5-8,12-15,18-20,22-25,41-46H,9-11,33H2,1-4H3,(H2,34,47)(H,35,49)(H,36,51)(H,37,48)(H,38,53)(H,39,52)(H,40,50)(H,54,55)/t12-,13-,14-,15-,18+,19+,20+,22+,23+,24+,25+/m1/s1. The Labute approximate surface area is 314 Å². The van der Waals surface area contributed by atoms with Gasteiger partial charge < -0.3 is 79.1 Å². The Morgan fingerprint density at radius 1 is 0.582 bits per heavy atom. The fourth-order valence-electron chi connectivity index (χ4n) is 4.71. The van der Waals surface area contributed by atoms with Crippen LogP contribution in [0.5, 0.6) is 5.75 Å². The van der Waals surface area contributed by atoms with Crippen LogP contribution in [0.3, 0.4) is 0 Å². The number of aliphatic hydroxyl groups excluding tert-OH is 5. The molecule has 1 rings (SSSR count). The monoisotopic (exact) mass is 786 g/mol. The molecule has 55 heavy (non-hydrogen) atoms. The molecule has 11 atom stereocenters. The summed E-state index contributed by atoms with van der Waals surface area (Å²) in [5, 5.41) is 81.4. The van der Waals surface area contributed by atoms with Crippen LogP contribution in [0.2, 0.25) is 0 Å². The molecule has 7 amide bonds. The number of phenols is 1. The lowest BCUT2D eigenvalue weighted by Crippen LogP contribution is -2.64. The van der Waals surface area contributed by atoms with E-state index in [0.717, 1.165) is 27.7 Å². The highest BCUT2D eigenvalue weighted by Gasteiger charge is 2.37. The second-order valence-corrected chi connectivity index (χ2v) is 12.7. The van der Waals surface area contributed by atoms with E-state index >= 15 is 0 Å². The Balaban J connectivity index is 3.33. The molecule has 0 aliphatic rings. The first kappa shape index (κ1) is 47.6. The molecule has 23 nitrogen and oxygen atoms in total. The van der Waals surface area contributed by atoms with E-state index in [4.69, 9.17) is 16.6 Å². The van der Waals surface area contributed by atoms with Gasteiger partial charge in [0.25, 0.3) is 0 Å². The fraction of sp³-hybridized carbons (Fsp3) is 0.562. The number of amides is 7. The third-order valence-electron chi connectivity index (χ3n) is 7.82. The van der Waals surface area contributed by atoms with Crippen molar-refractivity contribution in [3.05, 3.63) is 29.8 Å². The zero-order valence-corrected chi connectivity index (χ0v) is 30.3. The van der Waals surface area contributed by atoms with Gasteiger partial charge in [-0.2, -0.15) is 0 Å². The number of nitrogens with one attached hydrogen (secondary N) is 6. The van der Waals surface area contributed by atoms with Crippen molar-refractivity contribution in [2.45, 2.75) is 107 Å². The summed E-state index contributed by atoms with van der Waals surface area (Å²) in [5.74, 6) is -10.1. The molecule has 0 heterocycles. The van der Waals surface area contributed by atoms with Gasteiger partial charge in [-0.05, 0) is 45.4 Å². The van der Waals surface area contributed by atoms with E-state index in [-0.39, 0.29) is 12.2 Å². The van der Waals surface area contributed by atoms with Gasteiger partial charge in [-0.3, -0.25) is 33.6 Å². The average Bonchev–Trinajstić information content (AvgIpc) is 3.09. The van der Waals surface area contributed by atoms with Crippen LogP contribution in [0.1, 0.15) is 39.7 Å². The SMILES string of the molecule is C[C@@H](O)[C@H](NC(=O)[C@H](Cc1ccc(O)cc1)NC(=O)[C@H](CC(N)=O)NC(=O)[C@@H](NC(=O)[C@@H](NC(=O)[C@@H](NC(=O)[C@@H](N)CO)[C@@H](C)O)[C@@H](C)O)[C@@H](C)O)C(=O)O. The number of primary amides is 1. The van der Waals surface area contributed by atoms with Gasteiger partial charge in [0.1, 0.15) is 42.0 Å². The van der Waals surface area contributed by atoms with Crippen LogP contribution in [-0.2, 0) is 44.8 Å². The van der Waals surface area contributed by atoms with Gasteiger partial charge in [0, 0.05) is 6.42 Å². The molecule has 1 aromatic carbocycles. The lowest BCUT2D eigenvalue weighted by molar-refractivity contribution is -0.145. The van der Waals surface area contributed by atoms with Gasteiger partial charge in [0.15, 0.2) is 6.04 Å². The highest BCUT2D eigenvalue weighted by Crippen LogP contribution is 2.12. The maximum Gasteiger partial charge on any atom is 0.328 e. The number of carbonyl (C=O) groups is 8. The maximum absolute atomic E-state index is 13.5. The Kier molecular flexibility index (Phi) is 19.1. The molecule has 0 spiro atoms. The van der Waals surface area contributed by atoms with Crippen molar-refractivity contribution in [2.75, 3.05) is 6.61 Å². The number of hydrogen-bond acceptors (Lipinski definition) is 15. The van der Waals surface area contributed by atoms with Crippen LogP contribution >= 0.6 is 0 Å². The van der Waals surface area contributed by atoms with Crippen LogP contribution < -0.4 is 43.4 Å². The van der Waals surface area contributed by atoms with Gasteiger partial charge in [-0.15, -0.1) is 0 Å². The van der Waals surface area contributed by atoms with E-state index in [1.165, 1.54) is 24.3 Å². The van der Waals surface area contributed by atoms with E-state index < -0.39 is 127 Å². The van der Waals surface area contributed by atoms with Gasteiger partial charge in [0.05, 0.1) is 37.4 Å². The lowest BCUT2D eigenvalue weighted by atomic mass is 10.0. The molecule has 0 fully saturated rings. The average molecular weight is 787 g/mol. The number of carboxylic acids is 1. The minimum Gasteiger partial charge on any atom is -0.508 e. The normalized spacial score (nSPS) is 17.1. The zero-order valence-electron chi connectivity index (χ0n) is 30.3. The van der Waals surface area contributed by atoms with Crippen LogP contribution in [0.15, 0.2) is 24.3 Å². The molecular weight excluding hydrogens is 736 g/mol. The molecule has 0 bridgehead atoms. The van der Waals surface area contributed by atoms with Crippen LogP contribution in [0.25, 0.3) is 0 Å². The summed E-state index contributed by atoms with van der Waals surface area (Å²) in [6, 6.07) is -7.14. The summed E-state index contributed by atoms with van der Waals surface area (Å²) in [6.45, 7) is 3.46. The van der Waals surface area contributed by atoms with Gasteiger partial charge in [-0.25, -0.2) is 4.79 Å². The number of aliphatic hydroxyl groups is 5. The number of carboxylic acid groups (broad SMARTS) is 1. The van der Waals surface area contributed by atoms with Crippen LogP contribution in [-0.4, -0.2) is 156 Å². The van der Waals surface area contributed by atoms with Crippen LogP contribution in [0.4, 0.5) is 0 Å². The number of carbonyl (C=O) groups excluding carboxylic acids is 7. The van der Waals surface area contributed by atoms with E-state index in [0.29, 0.717) is 5.56 Å². The summed E-state index contributed by atoms with van der Waals surface area (Å²) in [5.41, 5.74) is 11.0. The van der Waals surface area contributed by atoms with Crippen molar-refractivity contribution in [1.82, 2.24) is 31.9 Å². The Morgan fingerprint density at radius 2 is 0.945 bits per heavy atom. The molecular formula is C32H50N8O15. The van der Waals surface area contributed by atoms with Crippen molar-refractivity contribution >= 4 is 47.3 Å². The molecule has 0 saturated heterocycles. The van der Waals surface area contributed by atoms with Gasteiger partial charge in [0.2, 0.25) is 41.4 Å². The van der Waals surface area contributed by atoms with Crippen molar-refractivity contribution in [1.29, 1.82) is 0 Å². The first-order valence-corrected chi connectivity index (χ1v) is 16.7. The minimum atomic E-state index is -1.96. The minimum absolute atomic E-state index is 0.142. The highest BCUT2D eigenvalue weighted by atomic mass is 16.4. The number of hydrogen-bond donors (Lipinski definition) is 15. The molecule has 0 aliphatic carbocycles. The second kappa shape index (κ2) is 22.0. The predicted octanol–water partition coefficient (Wildman–Crippen LogP) is -7.35. The number of aliphatic carboxylic acids is 1. The molecule has 0 radical (unpaired) electrons. The molecule has 0 saturated carbocycles. The number of benzene rings is 1. The first-order chi connectivity index (χ1) is 25.5. The van der Waals surface area contributed by atoms with Crippen molar-refractivity contribution in [3.63, 3.8) is 0 Å². The Morgan fingerprint density at radius 3 is 1.33 bits per heavy atom. The third kappa shape index (κ3) is 15.4. The van der Waals surface area contributed by atoms with E-state index in [1.54, 1.807) is 0 Å². The van der Waals surface area contributed by atoms with Crippen molar-refractivity contribution < 1.29 is 74.1 Å². The summed E-state index contributed by atoms with van der Waals surface area (Å²) in [4.78, 5) is 102. The number of rotatable bonds is 22. The van der Waals surface area contributed by atoms with E-state index in [9.17, 15) is 69.0 Å². The number of nitrogens with two attached hydrogens (primary N) is 2. The quantitative estimate of drug-likeness (QED) is 0.0519. The molecule has 0 unspecified atom stereocenters. The predicted molar refractivity (Wildman–Crippen MR) is 187 cm³/mol. The topological polar surface area (TPSA) is 402 Å². The molecule has 23 heteroatoms. The summed E-state index contributed by atoms with van der Waals surface area (Å²) < 4.78 is 0. The van der Waals surface area contributed by atoms with Crippen LogP contribution in [0, 0.1) is 0 Å². The van der Waals surface area contributed by atoms with Crippen molar-refractivity contribution in [3.8, 4) is 5.75 Å². The molecule has 0 aliphatic heterocycles. The highest BCUT2D eigenvalue weighted by molar-refractivity contribution is 5.98. The lowest BCUT2D eigenvalue weighted by Gasteiger charge is -2.29. The molecule has 308 valence electrons. The maximum atomic E-state index is 13.5. The summed E-state index contributed by atoms with van der Waals surface area (Å²) in [6.07, 6.45) is -7.87. The van der Waals surface area contributed by atoms with Gasteiger partial charge in [-0.1, -0.05) is 12.1 Å². The van der Waals surface area contributed by atoms with Gasteiger partial charge >= 0.3 is 5.97 Å². The second-order valence-electron chi connectivity index (χ2n) is 12.7. The smallest absolute Gasteiger partial charge is 0.328 e. The molecule has 0 aromatic heterocycles. The van der Waals surface area contributed by atoms with Crippen molar-refractivity contribution in [2.24, 2.45) is 11.5 Å². The molecule has 17 N–H and O–H groups in total. The fourth-order valence-corrected chi connectivity index (χ4v) is 4.71. The largest absolute Gasteiger partial charge is 0.508 e. The number of aromatic hydroxyl groups is 1. The first-order valence-electron chi connectivity index (χ1n) is 16.7. The number of phenolic OH excluding ortho intramolecular Hbond substituents is 1. The Bertz CT molecular complexity index is 1520. The van der Waals surface area contributed by atoms with E-state index in [2.05, 4.69) is 31.9 Å². The third-order valence-corrected chi connectivity index (χ3v) is 7.82. The molecule has 1 aromatic rings. The Hall–Kier alpha value is -5.46.